The number of nitrogens with zero attached hydrogens (tertiary/aromatic N) is 1. The van der Waals surface area contributed by atoms with E-state index in [9.17, 15) is 4.79 Å². The summed E-state index contributed by atoms with van der Waals surface area (Å²) in [6.07, 6.45) is 1.77. The Kier molecular flexibility index (Phi) is 4.86. The van der Waals surface area contributed by atoms with Crippen molar-refractivity contribution in [2.75, 3.05) is 20.3 Å². The number of aromatic nitrogens is 1. The molecule has 1 heterocycles. The predicted octanol–water partition coefficient (Wildman–Crippen LogP) is -0.257. The van der Waals surface area contributed by atoms with E-state index in [1.165, 1.54) is 0 Å². The van der Waals surface area contributed by atoms with E-state index in [0.29, 0.717) is 13.2 Å². The van der Waals surface area contributed by atoms with Crippen molar-refractivity contribution >= 4 is 5.91 Å². The molecule has 0 unspecified atom stereocenters. The molecular formula is C10H16N2O3. The molecule has 0 aliphatic carbocycles. The van der Waals surface area contributed by atoms with Crippen molar-refractivity contribution in [2.24, 2.45) is 0 Å². The molecule has 1 rings (SSSR count). The molecule has 0 saturated heterocycles. The van der Waals surface area contributed by atoms with E-state index in [0.717, 1.165) is 5.69 Å². The second kappa shape index (κ2) is 6.21. The minimum atomic E-state index is -0.0852. The monoisotopic (exact) mass is 212 g/mol. The van der Waals surface area contributed by atoms with Gasteiger partial charge in [0.15, 0.2) is 0 Å². The van der Waals surface area contributed by atoms with Gasteiger partial charge in [0.25, 0.3) is 0 Å². The molecule has 0 atom stereocenters. The minimum absolute atomic E-state index is 0.0572. The van der Waals surface area contributed by atoms with Crippen LogP contribution in [0.15, 0.2) is 18.3 Å². The van der Waals surface area contributed by atoms with Gasteiger partial charge >= 0.3 is 0 Å². The Hall–Kier alpha value is -1.33. The van der Waals surface area contributed by atoms with E-state index in [1.54, 1.807) is 30.0 Å². The smallest absolute Gasteiger partial charge is 0.240 e. The van der Waals surface area contributed by atoms with E-state index in [4.69, 9.17) is 9.84 Å². The summed E-state index contributed by atoms with van der Waals surface area (Å²) in [7, 11) is 1.59. The summed E-state index contributed by atoms with van der Waals surface area (Å²) in [6, 6.07) is 3.58. The number of rotatable bonds is 6. The maximum atomic E-state index is 11.4. The van der Waals surface area contributed by atoms with Gasteiger partial charge in [-0.2, -0.15) is 0 Å². The molecule has 0 aromatic carbocycles. The third-order valence-electron chi connectivity index (χ3n) is 2.03. The van der Waals surface area contributed by atoms with Gasteiger partial charge in [0.1, 0.15) is 6.54 Å². The fourth-order valence-electron chi connectivity index (χ4n) is 1.25. The largest absolute Gasteiger partial charge is 0.390 e. The van der Waals surface area contributed by atoms with Crippen LogP contribution in [0, 0.1) is 0 Å². The molecule has 15 heavy (non-hydrogen) atoms. The van der Waals surface area contributed by atoms with Crippen LogP contribution in [-0.4, -0.2) is 35.8 Å². The topological polar surface area (TPSA) is 63.5 Å². The molecule has 0 aliphatic rings. The van der Waals surface area contributed by atoms with Gasteiger partial charge in [-0.05, 0) is 12.1 Å². The fourth-order valence-corrected chi connectivity index (χ4v) is 1.25. The van der Waals surface area contributed by atoms with Crippen molar-refractivity contribution in [1.82, 2.24) is 9.88 Å². The molecule has 1 aromatic rings. The third kappa shape index (κ3) is 3.73. The summed E-state index contributed by atoms with van der Waals surface area (Å²) in [5.74, 6) is -0.0852. The van der Waals surface area contributed by atoms with Crippen LogP contribution in [0.5, 0.6) is 0 Å². The lowest BCUT2D eigenvalue weighted by atomic mass is 10.4. The molecule has 0 saturated carbocycles. The highest BCUT2D eigenvalue weighted by Crippen LogP contribution is 2.01. The second-order valence-corrected chi connectivity index (χ2v) is 3.13. The van der Waals surface area contributed by atoms with E-state index < -0.39 is 0 Å². The third-order valence-corrected chi connectivity index (χ3v) is 2.03. The summed E-state index contributed by atoms with van der Waals surface area (Å²) in [4.78, 5) is 11.4. The number of nitrogens with one attached hydrogen (secondary N) is 1. The maximum Gasteiger partial charge on any atom is 0.240 e. The van der Waals surface area contributed by atoms with Gasteiger partial charge in [-0.3, -0.25) is 4.79 Å². The number of carbonyl (C=O) groups excluding carboxylic acids is 1. The highest BCUT2D eigenvalue weighted by molar-refractivity contribution is 5.75. The summed E-state index contributed by atoms with van der Waals surface area (Å²) < 4.78 is 6.52. The zero-order valence-corrected chi connectivity index (χ0v) is 8.77. The molecule has 84 valence electrons. The fraction of sp³-hybridized carbons (Fsp3) is 0.500. The van der Waals surface area contributed by atoms with Crippen molar-refractivity contribution in [3.63, 3.8) is 0 Å². The van der Waals surface area contributed by atoms with Crippen LogP contribution in [0.4, 0.5) is 0 Å². The highest BCUT2D eigenvalue weighted by Gasteiger charge is 2.04. The Bertz CT molecular complexity index is 309. The lowest BCUT2D eigenvalue weighted by molar-refractivity contribution is -0.121. The van der Waals surface area contributed by atoms with Gasteiger partial charge in [-0.15, -0.1) is 0 Å². The minimum Gasteiger partial charge on any atom is -0.390 e. The first kappa shape index (κ1) is 11.7. The first-order valence-corrected chi connectivity index (χ1v) is 4.78. The number of methoxy groups -OCH3 is 1. The number of hydrogen-bond donors (Lipinski definition) is 2. The number of amides is 1. The van der Waals surface area contributed by atoms with Gasteiger partial charge < -0.3 is 19.7 Å². The highest BCUT2D eigenvalue weighted by atomic mass is 16.5. The van der Waals surface area contributed by atoms with Gasteiger partial charge in [-0.25, -0.2) is 0 Å². The normalized spacial score (nSPS) is 10.3. The Balaban J connectivity index is 2.37. The zero-order chi connectivity index (χ0) is 11.1. The maximum absolute atomic E-state index is 11.4. The van der Waals surface area contributed by atoms with Crippen molar-refractivity contribution in [3.8, 4) is 0 Å². The molecule has 0 bridgehead atoms. The average Bonchev–Trinajstić information content (AvgIpc) is 2.65. The summed E-state index contributed by atoms with van der Waals surface area (Å²) in [5.41, 5.74) is 0.733. The quantitative estimate of drug-likeness (QED) is 0.639. The molecular weight excluding hydrogens is 196 g/mol. The SMILES string of the molecule is COCCNC(=O)Cn1cccc1CO. The molecule has 1 aromatic heterocycles. The molecule has 2 N–H and O–H groups in total. The molecule has 5 nitrogen and oxygen atoms in total. The number of ether oxygens (including phenoxy) is 1. The van der Waals surface area contributed by atoms with Crippen LogP contribution in [0.1, 0.15) is 5.69 Å². The summed E-state index contributed by atoms with van der Waals surface area (Å²) >= 11 is 0. The van der Waals surface area contributed by atoms with Crippen LogP contribution in [-0.2, 0) is 22.7 Å². The van der Waals surface area contributed by atoms with Gasteiger partial charge in [-0.1, -0.05) is 0 Å². The predicted molar refractivity (Wildman–Crippen MR) is 55.2 cm³/mol. The molecule has 1 amide bonds. The van der Waals surface area contributed by atoms with E-state index in [1.807, 2.05) is 0 Å². The number of carbonyl (C=O) groups is 1. The van der Waals surface area contributed by atoms with Crippen LogP contribution in [0.25, 0.3) is 0 Å². The molecule has 0 fully saturated rings. The van der Waals surface area contributed by atoms with E-state index >= 15 is 0 Å². The number of aliphatic hydroxyl groups excluding tert-OH is 1. The summed E-state index contributed by atoms with van der Waals surface area (Å²) in [6.45, 7) is 1.18. The second-order valence-electron chi connectivity index (χ2n) is 3.13. The Morgan fingerprint density at radius 2 is 2.47 bits per heavy atom. The van der Waals surface area contributed by atoms with Crippen LogP contribution >= 0.6 is 0 Å². The molecule has 0 radical (unpaired) electrons. The van der Waals surface area contributed by atoms with Crippen LogP contribution < -0.4 is 5.32 Å². The van der Waals surface area contributed by atoms with Gasteiger partial charge in [0.05, 0.1) is 13.2 Å². The lowest BCUT2D eigenvalue weighted by Gasteiger charge is -2.07. The molecule has 0 spiro atoms. The van der Waals surface area contributed by atoms with Gasteiger partial charge in [0, 0.05) is 25.5 Å². The van der Waals surface area contributed by atoms with E-state index in [2.05, 4.69) is 5.32 Å². The number of hydrogen-bond acceptors (Lipinski definition) is 3. The van der Waals surface area contributed by atoms with Crippen molar-refractivity contribution in [1.29, 1.82) is 0 Å². The van der Waals surface area contributed by atoms with E-state index in [-0.39, 0.29) is 19.1 Å². The Morgan fingerprint density at radius 3 is 3.13 bits per heavy atom. The first-order valence-electron chi connectivity index (χ1n) is 4.78. The average molecular weight is 212 g/mol. The van der Waals surface area contributed by atoms with Crippen molar-refractivity contribution < 1.29 is 14.6 Å². The summed E-state index contributed by atoms with van der Waals surface area (Å²) in [5, 5.41) is 11.7. The zero-order valence-electron chi connectivity index (χ0n) is 8.77. The Morgan fingerprint density at radius 1 is 1.67 bits per heavy atom. The molecule has 0 aliphatic heterocycles. The lowest BCUT2D eigenvalue weighted by Crippen LogP contribution is -2.30. The molecule has 5 heteroatoms. The first-order chi connectivity index (χ1) is 7.27. The van der Waals surface area contributed by atoms with Crippen molar-refractivity contribution in [3.05, 3.63) is 24.0 Å². The Labute approximate surface area is 88.7 Å². The standard InChI is InChI=1S/C10H16N2O3/c1-15-6-4-11-10(14)7-12-5-2-3-9(12)8-13/h2-3,5,13H,4,6-8H2,1H3,(H,11,14). The van der Waals surface area contributed by atoms with Gasteiger partial charge in [0.2, 0.25) is 5.91 Å². The van der Waals surface area contributed by atoms with Crippen molar-refractivity contribution in [2.45, 2.75) is 13.2 Å². The van der Waals surface area contributed by atoms with Crippen LogP contribution in [0.3, 0.4) is 0 Å². The number of aliphatic hydroxyl groups is 1. The van der Waals surface area contributed by atoms with Crippen LogP contribution in [0.2, 0.25) is 0 Å².